The molecule has 1 aliphatic carbocycles. The molecule has 8 heteroatoms. The van der Waals surface area contributed by atoms with Crippen LogP contribution in [0.15, 0.2) is 0 Å². The first-order chi connectivity index (χ1) is 10.4. The third-order valence-electron chi connectivity index (χ3n) is 2.79. The van der Waals surface area contributed by atoms with Crippen LogP contribution in [0, 0.1) is 0 Å². The molecule has 0 aromatic heterocycles. The number of ether oxygens (including phenoxy) is 2. The van der Waals surface area contributed by atoms with Crippen molar-refractivity contribution in [1.29, 1.82) is 0 Å². The molecular weight excluding hydrogens is 393 g/mol. The van der Waals surface area contributed by atoms with Gasteiger partial charge in [0, 0.05) is 10.5 Å². The minimum atomic E-state index is 0.151. The summed E-state index contributed by atoms with van der Waals surface area (Å²) in [5.41, 5.74) is 0. The molecule has 0 saturated heterocycles. The van der Waals surface area contributed by atoms with Crippen molar-refractivity contribution in [3.05, 3.63) is 0 Å². The first-order valence-electron chi connectivity index (χ1n) is 7.46. The summed E-state index contributed by atoms with van der Waals surface area (Å²) >= 11 is 10.5. The van der Waals surface area contributed by atoms with Gasteiger partial charge in [-0.2, -0.15) is 0 Å². The van der Waals surface area contributed by atoms with Gasteiger partial charge in [0.2, 0.25) is 8.77 Å². The maximum absolute atomic E-state index is 5.54. The second-order valence-corrected chi connectivity index (χ2v) is 11.6. The topological polar surface area (TPSA) is 18.5 Å². The Balaban J connectivity index is 2.36. The second kappa shape index (κ2) is 11.7. The Kier molecular flexibility index (Phi) is 11.3. The molecule has 2 unspecified atom stereocenters. The average molecular weight is 417 g/mol. The quantitative estimate of drug-likeness (QED) is 0.357. The minimum absolute atomic E-state index is 0.151. The molecule has 1 saturated carbocycles. The molecule has 22 heavy (non-hydrogen) atoms. The lowest BCUT2D eigenvalue weighted by molar-refractivity contribution is 0.243. The van der Waals surface area contributed by atoms with Gasteiger partial charge in [0.1, 0.15) is 0 Å². The van der Waals surface area contributed by atoms with Gasteiger partial charge in [0.25, 0.3) is 0 Å². The maximum Gasteiger partial charge on any atom is 0.231 e. The number of thiocarbonyl (C=S) groups is 2. The van der Waals surface area contributed by atoms with Crippen molar-refractivity contribution in [2.24, 2.45) is 0 Å². The van der Waals surface area contributed by atoms with Gasteiger partial charge in [-0.25, -0.2) is 0 Å². The molecule has 0 heterocycles. The van der Waals surface area contributed by atoms with Crippen molar-refractivity contribution in [2.45, 2.75) is 76.1 Å². The van der Waals surface area contributed by atoms with E-state index in [0.29, 0.717) is 19.3 Å². The standard InChI is InChI=1S/C14H24O2S6/c1-9(2)15-13(17)21-19-11-7-5-6-8-12(11)20-22-14(18)16-10(3)4/h9-12H,5-8H2,1-4H3. The van der Waals surface area contributed by atoms with E-state index in [9.17, 15) is 0 Å². The highest BCUT2D eigenvalue weighted by atomic mass is 33.1. The van der Waals surface area contributed by atoms with Crippen molar-refractivity contribution >= 4 is 76.4 Å². The van der Waals surface area contributed by atoms with Crippen molar-refractivity contribution in [3.8, 4) is 0 Å². The van der Waals surface area contributed by atoms with Gasteiger partial charge in [0.05, 0.1) is 12.2 Å². The third kappa shape index (κ3) is 9.47. The number of hydrogen-bond donors (Lipinski definition) is 0. The summed E-state index contributed by atoms with van der Waals surface area (Å²) in [7, 11) is 6.90. The highest BCUT2D eigenvalue weighted by Gasteiger charge is 2.28. The van der Waals surface area contributed by atoms with Gasteiger partial charge < -0.3 is 9.47 Å². The van der Waals surface area contributed by atoms with Crippen LogP contribution in [0.2, 0.25) is 0 Å². The molecule has 0 amide bonds. The summed E-state index contributed by atoms with van der Waals surface area (Å²) in [5, 5.41) is 1.18. The first kappa shape index (κ1) is 21.2. The van der Waals surface area contributed by atoms with Crippen LogP contribution in [0.1, 0.15) is 53.4 Å². The van der Waals surface area contributed by atoms with E-state index in [4.69, 9.17) is 33.9 Å². The SMILES string of the molecule is CC(C)OC(=S)SSC1CCCCC1SSC(=S)OC(C)C. The fourth-order valence-corrected chi connectivity index (χ4v) is 8.50. The molecule has 0 aromatic rings. The van der Waals surface area contributed by atoms with Crippen LogP contribution in [-0.4, -0.2) is 31.5 Å². The summed E-state index contributed by atoms with van der Waals surface area (Å²) in [6.07, 6.45) is 5.36. The van der Waals surface area contributed by atoms with Gasteiger partial charge in [-0.05, 0) is 86.6 Å². The first-order valence-corrected chi connectivity index (χ1v) is 12.7. The zero-order valence-corrected chi connectivity index (χ0v) is 18.3. The van der Waals surface area contributed by atoms with Crippen LogP contribution in [0.5, 0.6) is 0 Å². The normalized spacial score (nSPS) is 21.9. The lowest BCUT2D eigenvalue weighted by Gasteiger charge is -2.29. The molecule has 0 radical (unpaired) electrons. The molecule has 0 aromatic carbocycles. The maximum atomic E-state index is 5.54. The molecule has 0 aliphatic heterocycles. The lowest BCUT2D eigenvalue weighted by Crippen LogP contribution is -2.23. The Hall–Kier alpha value is 1.18. The lowest BCUT2D eigenvalue weighted by atomic mass is 10.00. The van der Waals surface area contributed by atoms with E-state index < -0.39 is 0 Å². The van der Waals surface area contributed by atoms with E-state index in [1.54, 1.807) is 21.6 Å². The summed E-state index contributed by atoms with van der Waals surface area (Å²) in [5.74, 6) is 0. The Morgan fingerprint density at radius 2 is 1.18 bits per heavy atom. The van der Waals surface area contributed by atoms with Gasteiger partial charge in [0.15, 0.2) is 0 Å². The Morgan fingerprint density at radius 1 is 0.818 bits per heavy atom. The second-order valence-electron chi connectivity index (χ2n) is 5.55. The van der Waals surface area contributed by atoms with Crippen molar-refractivity contribution in [3.63, 3.8) is 0 Å². The van der Waals surface area contributed by atoms with Crippen molar-refractivity contribution < 1.29 is 9.47 Å². The van der Waals surface area contributed by atoms with E-state index in [0.717, 1.165) is 0 Å². The van der Waals surface area contributed by atoms with E-state index in [1.807, 2.05) is 49.3 Å². The predicted molar refractivity (Wildman–Crippen MR) is 114 cm³/mol. The largest absolute Gasteiger partial charge is 0.475 e. The molecule has 1 rings (SSSR count). The number of rotatable bonds is 6. The Labute approximate surface area is 161 Å². The summed E-state index contributed by atoms with van der Waals surface area (Å²) in [6, 6.07) is 0. The van der Waals surface area contributed by atoms with Gasteiger partial charge in [-0.1, -0.05) is 34.4 Å². The molecule has 0 spiro atoms. The molecule has 2 nitrogen and oxygen atoms in total. The molecule has 128 valence electrons. The zero-order chi connectivity index (χ0) is 16.5. The van der Waals surface area contributed by atoms with E-state index in [1.165, 1.54) is 25.7 Å². The van der Waals surface area contributed by atoms with Gasteiger partial charge in [-0.3, -0.25) is 0 Å². The van der Waals surface area contributed by atoms with Crippen LogP contribution in [0.25, 0.3) is 0 Å². The molecule has 1 aliphatic rings. The highest BCUT2D eigenvalue weighted by molar-refractivity contribution is 8.85. The van der Waals surface area contributed by atoms with Crippen LogP contribution in [-0.2, 0) is 9.47 Å². The van der Waals surface area contributed by atoms with Gasteiger partial charge in [-0.15, -0.1) is 0 Å². The molecule has 0 bridgehead atoms. The van der Waals surface area contributed by atoms with E-state index in [-0.39, 0.29) is 12.2 Å². The Morgan fingerprint density at radius 3 is 1.50 bits per heavy atom. The van der Waals surface area contributed by atoms with Gasteiger partial charge >= 0.3 is 0 Å². The summed E-state index contributed by atoms with van der Waals surface area (Å²) in [4.78, 5) is 0. The zero-order valence-electron chi connectivity index (χ0n) is 13.4. The monoisotopic (exact) mass is 416 g/mol. The van der Waals surface area contributed by atoms with E-state index in [2.05, 4.69) is 0 Å². The molecule has 0 N–H and O–H groups in total. The van der Waals surface area contributed by atoms with Crippen LogP contribution < -0.4 is 0 Å². The van der Waals surface area contributed by atoms with Crippen LogP contribution >= 0.6 is 67.6 Å². The predicted octanol–water partition coefficient (Wildman–Crippen LogP) is 6.48. The average Bonchev–Trinajstić information content (AvgIpc) is 2.42. The highest BCUT2D eigenvalue weighted by Crippen LogP contribution is 2.45. The smallest absolute Gasteiger partial charge is 0.231 e. The number of hydrogen-bond acceptors (Lipinski definition) is 8. The fraction of sp³-hybridized carbons (Fsp3) is 0.857. The Bertz CT molecular complexity index is 327. The van der Waals surface area contributed by atoms with Crippen molar-refractivity contribution in [2.75, 3.05) is 0 Å². The summed E-state index contributed by atoms with van der Waals surface area (Å²) < 4.78 is 12.4. The minimum Gasteiger partial charge on any atom is -0.475 e. The summed E-state index contributed by atoms with van der Waals surface area (Å²) in [6.45, 7) is 8.01. The van der Waals surface area contributed by atoms with E-state index >= 15 is 0 Å². The third-order valence-corrected chi connectivity index (χ3v) is 9.53. The van der Waals surface area contributed by atoms with Crippen LogP contribution in [0.4, 0.5) is 0 Å². The van der Waals surface area contributed by atoms with Crippen LogP contribution in [0.3, 0.4) is 0 Å². The molecular formula is C14H24O2S6. The van der Waals surface area contributed by atoms with Crippen molar-refractivity contribution in [1.82, 2.24) is 0 Å². The molecule has 1 fully saturated rings. The molecule has 2 atom stereocenters. The fourth-order valence-electron chi connectivity index (χ4n) is 1.91.